The number of carbonyl (C=O) groups excluding carboxylic acids is 2. The molecule has 0 aromatic heterocycles. The first-order valence-electron chi connectivity index (χ1n) is 6.09. The van der Waals surface area contributed by atoms with Crippen LogP contribution in [-0.2, 0) is 9.59 Å². The molecule has 1 aromatic rings. The SMILES string of the molecule is O=C(CC(=O)N1CCCC1)Nc1cc(Cl)ccc1Cl. The molecule has 0 atom stereocenters. The molecule has 1 saturated heterocycles. The first-order valence-corrected chi connectivity index (χ1v) is 6.84. The highest BCUT2D eigenvalue weighted by molar-refractivity contribution is 6.35. The molecule has 6 heteroatoms. The average Bonchev–Trinajstić information content (AvgIpc) is 2.87. The van der Waals surface area contributed by atoms with Gasteiger partial charge in [0.25, 0.3) is 0 Å². The highest BCUT2D eigenvalue weighted by Gasteiger charge is 2.20. The summed E-state index contributed by atoms with van der Waals surface area (Å²) in [5.41, 5.74) is 0.424. The zero-order valence-corrected chi connectivity index (χ0v) is 11.8. The molecule has 1 aromatic carbocycles. The maximum absolute atomic E-state index is 11.8. The Morgan fingerprint density at radius 1 is 1.21 bits per heavy atom. The van der Waals surface area contributed by atoms with Crippen molar-refractivity contribution in [3.8, 4) is 0 Å². The number of halogens is 2. The highest BCUT2D eigenvalue weighted by atomic mass is 35.5. The number of amides is 2. The van der Waals surface area contributed by atoms with Gasteiger partial charge in [0.05, 0.1) is 10.7 Å². The van der Waals surface area contributed by atoms with E-state index in [2.05, 4.69) is 5.32 Å². The van der Waals surface area contributed by atoms with Gasteiger partial charge >= 0.3 is 0 Å². The van der Waals surface area contributed by atoms with Crippen molar-refractivity contribution >= 4 is 40.7 Å². The van der Waals surface area contributed by atoms with Gasteiger partial charge in [-0.15, -0.1) is 0 Å². The molecule has 1 aliphatic rings. The number of hydrogen-bond donors (Lipinski definition) is 1. The van der Waals surface area contributed by atoms with E-state index in [-0.39, 0.29) is 18.2 Å². The van der Waals surface area contributed by atoms with Crippen molar-refractivity contribution in [3.05, 3.63) is 28.2 Å². The Labute approximate surface area is 121 Å². The summed E-state index contributed by atoms with van der Waals surface area (Å²) in [6.07, 6.45) is 1.85. The number of nitrogens with zero attached hydrogens (tertiary/aromatic N) is 1. The number of likely N-dealkylation sites (tertiary alicyclic amines) is 1. The maximum atomic E-state index is 11.8. The van der Waals surface area contributed by atoms with Crippen molar-refractivity contribution in [2.24, 2.45) is 0 Å². The zero-order chi connectivity index (χ0) is 13.8. The molecule has 2 rings (SSSR count). The topological polar surface area (TPSA) is 49.4 Å². The third kappa shape index (κ3) is 3.85. The number of hydrogen-bond acceptors (Lipinski definition) is 2. The average molecular weight is 301 g/mol. The second kappa shape index (κ2) is 6.26. The lowest BCUT2D eigenvalue weighted by molar-refractivity contribution is -0.133. The lowest BCUT2D eigenvalue weighted by atomic mass is 10.3. The zero-order valence-electron chi connectivity index (χ0n) is 10.3. The van der Waals surface area contributed by atoms with Gasteiger partial charge in [0, 0.05) is 18.1 Å². The largest absolute Gasteiger partial charge is 0.342 e. The van der Waals surface area contributed by atoms with E-state index in [4.69, 9.17) is 23.2 Å². The molecular formula is C13H14Cl2N2O2. The Balaban J connectivity index is 1.93. The van der Waals surface area contributed by atoms with Crippen LogP contribution in [0.3, 0.4) is 0 Å². The highest BCUT2D eigenvalue weighted by Crippen LogP contribution is 2.25. The molecule has 1 fully saturated rings. The molecule has 0 unspecified atom stereocenters. The monoisotopic (exact) mass is 300 g/mol. The standard InChI is InChI=1S/C13H14Cl2N2O2/c14-9-3-4-10(15)11(7-9)16-12(18)8-13(19)17-5-1-2-6-17/h3-4,7H,1-2,5-6,8H2,(H,16,18). The van der Waals surface area contributed by atoms with Crippen LogP contribution in [0.15, 0.2) is 18.2 Å². The van der Waals surface area contributed by atoms with Gasteiger partial charge in [-0.25, -0.2) is 0 Å². The fraction of sp³-hybridized carbons (Fsp3) is 0.385. The maximum Gasteiger partial charge on any atom is 0.233 e. The first kappa shape index (κ1) is 14.2. The lowest BCUT2D eigenvalue weighted by Gasteiger charge is -2.15. The van der Waals surface area contributed by atoms with E-state index >= 15 is 0 Å². The molecule has 19 heavy (non-hydrogen) atoms. The fourth-order valence-electron chi connectivity index (χ4n) is 2.00. The van der Waals surface area contributed by atoms with Gasteiger partial charge in [-0.1, -0.05) is 23.2 Å². The molecule has 2 amide bonds. The Kier molecular flexibility index (Phi) is 4.66. The minimum absolute atomic E-state index is 0.145. The number of nitrogens with one attached hydrogen (secondary N) is 1. The van der Waals surface area contributed by atoms with Crippen molar-refractivity contribution in [3.63, 3.8) is 0 Å². The molecular weight excluding hydrogens is 287 g/mol. The van der Waals surface area contributed by atoms with Crippen molar-refractivity contribution < 1.29 is 9.59 Å². The summed E-state index contributed by atoms with van der Waals surface area (Å²) in [6, 6.07) is 4.79. The molecule has 0 saturated carbocycles. The van der Waals surface area contributed by atoms with Crippen LogP contribution < -0.4 is 5.32 Å². The summed E-state index contributed by atoms with van der Waals surface area (Å²) in [7, 11) is 0. The van der Waals surface area contributed by atoms with Gasteiger partial charge in [0.2, 0.25) is 11.8 Å². The number of rotatable bonds is 3. The van der Waals surface area contributed by atoms with Crippen LogP contribution in [0.2, 0.25) is 10.0 Å². The van der Waals surface area contributed by atoms with Crippen LogP contribution in [0.1, 0.15) is 19.3 Å². The normalized spacial score (nSPS) is 14.5. The Morgan fingerprint density at radius 3 is 2.58 bits per heavy atom. The molecule has 0 bridgehead atoms. The third-order valence-electron chi connectivity index (χ3n) is 2.97. The smallest absolute Gasteiger partial charge is 0.233 e. The second-order valence-electron chi connectivity index (χ2n) is 4.44. The predicted molar refractivity (Wildman–Crippen MR) is 75.5 cm³/mol. The van der Waals surface area contributed by atoms with Crippen molar-refractivity contribution in [2.75, 3.05) is 18.4 Å². The molecule has 0 radical (unpaired) electrons. The van der Waals surface area contributed by atoms with Gasteiger partial charge in [0.1, 0.15) is 6.42 Å². The van der Waals surface area contributed by atoms with E-state index < -0.39 is 0 Å². The Hall–Kier alpha value is -1.26. The summed E-state index contributed by atoms with van der Waals surface area (Å²) in [5, 5.41) is 3.47. The molecule has 0 aliphatic carbocycles. The summed E-state index contributed by atoms with van der Waals surface area (Å²) in [5.74, 6) is -0.519. The summed E-state index contributed by atoms with van der Waals surface area (Å²) >= 11 is 11.8. The van der Waals surface area contributed by atoms with Crippen LogP contribution in [0.4, 0.5) is 5.69 Å². The van der Waals surface area contributed by atoms with E-state index in [9.17, 15) is 9.59 Å². The van der Waals surface area contributed by atoms with Gasteiger partial charge in [-0.3, -0.25) is 9.59 Å². The quantitative estimate of drug-likeness (QED) is 0.873. The van der Waals surface area contributed by atoms with Crippen molar-refractivity contribution in [1.82, 2.24) is 4.90 Å². The fourth-order valence-corrected chi connectivity index (χ4v) is 2.34. The first-order chi connectivity index (χ1) is 9.06. The van der Waals surface area contributed by atoms with E-state index in [0.29, 0.717) is 15.7 Å². The van der Waals surface area contributed by atoms with Gasteiger partial charge in [0.15, 0.2) is 0 Å². The molecule has 0 spiro atoms. The molecule has 102 valence electrons. The van der Waals surface area contributed by atoms with Crippen LogP contribution in [-0.4, -0.2) is 29.8 Å². The van der Waals surface area contributed by atoms with Crippen molar-refractivity contribution in [2.45, 2.75) is 19.3 Å². The summed E-state index contributed by atoms with van der Waals surface area (Å²) < 4.78 is 0. The number of anilines is 1. The number of benzene rings is 1. The third-order valence-corrected chi connectivity index (χ3v) is 3.54. The Morgan fingerprint density at radius 2 is 1.89 bits per heavy atom. The van der Waals surface area contributed by atoms with Crippen LogP contribution in [0.5, 0.6) is 0 Å². The summed E-state index contributed by atoms with van der Waals surface area (Å²) in [6.45, 7) is 1.48. The molecule has 1 N–H and O–H groups in total. The van der Waals surface area contributed by atoms with Gasteiger partial charge in [-0.2, -0.15) is 0 Å². The van der Waals surface area contributed by atoms with Crippen LogP contribution >= 0.6 is 23.2 Å². The minimum atomic E-state index is -0.374. The molecule has 1 heterocycles. The van der Waals surface area contributed by atoms with E-state index in [1.165, 1.54) is 0 Å². The van der Waals surface area contributed by atoms with Crippen LogP contribution in [0, 0.1) is 0 Å². The predicted octanol–water partition coefficient (Wildman–Crippen LogP) is 2.94. The van der Waals surface area contributed by atoms with Crippen molar-refractivity contribution in [1.29, 1.82) is 0 Å². The second-order valence-corrected chi connectivity index (χ2v) is 5.28. The summed E-state index contributed by atoms with van der Waals surface area (Å²) in [4.78, 5) is 25.3. The number of carbonyl (C=O) groups is 2. The van der Waals surface area contributed by atoms with E-state index in [0.717, 1.165) is 25.9 Å². The lowest BCUT2D eigenvalue weighted by Crippen LogP contribution is -2.31. The molecule has 4 nitrogen and oxygen atoms in total. The molecule has 1 aliphatic heterocycles. The van der Waals surface area contributed by atoms with E-state index in [1.54, 1.807) is 23.1 Å². The minimum Gasteiger partial charge on any atom is -0.342 e. The van der Waals surface area contributed by atoms with E-state index in [1.807, 2.05) is 0 Å². The van der Waals surface area contributed by atoms with Crippen LogP contribution in [0.25, 0.3) is 0 Å². The van der Waals surface area contributed by atoms with Gasteiger partial charge in [-0.05, 0) is 31.0 Å². The van der Waals surface area contributed by atoms with Gasteiger partial charge < -0.3 is 10.2 Å². The Bertz CT molecular complexity index is 499.